The predicted molar refractivity (Wildman–Crippen MR) is 156 cm³/mol. The van der Waals surface area contributed by atoms with Crippen molar-refractivity contribution in [2.75, 3.05) is 19.8 Å². The Hall–Kier alpha value is -3.94. The smallest absolute Gasteiger partial charge is 0.293 e. The molecule has 198 valence electrons. The average Bonchev–Trinajstić information content (AvgIpc) is 3.21. The van der Waals surface area contributed by atoms with Gasteiger partial charge in [-0.25, -0.2) is 0 Å². The molecular weight excluding hydrogens is 534 g/mol. The van der Waals surface area contributed by atoms with E-state index >= 15 is 0 Å². The van der Waals surface area contributed by atoms with Crippen LogP contribution >= 0.6 is 23.4 Å². The third-order valence-corrected chi connectivity index (χ3v) is 7.26. The summed E-state index contributed by atoms with van der Waals surface area (Å²) in [5, 5.41) is 2.58. The number of amides is 2. The number of thioether (sulfide) groups is 1. The van der Waals surface area contributed by atoms with Crippen LogP contribution in [0.25, 0.3) is 16.8 Å². The van der Waals surface area contributed by atoms with E-state index in [4.69, 9.17) is 25.8 Å². The maximum atomic E-state index is 12.9. The number of carbonyl (C=O) groups is 2. The zero-order valence-corrected chi connectivity index (χ0v) is 22.8. The Morgan fingerprint density at radius 3 is 2.49 bits per heavy atom. The van der Waals surface area contributed by atoms with Crippen LogP contribution in [0, 0.1) is 0 Å². The molecule has 0 spiro atoms. The number of imide groups is 1. The van der Waals surface area contributed by atoms with Gasteiger partial charge in [-0.3, -0.25) is 14.5 Å². The molecule has 0 bridgehead atoms. The fraction of sp³-hybridized carbons (Fsp3) is 0.161. The molecule has 6 nitrogen and oxygen atoms in total. The van der Waals surface area contributed by atoms with Crippen molar-refractivity contribution >= 4 is 51.4 Å². The third kappa shape index (κ3) is 6.38. The van der Waals surface area contributed by atoms with E-state index < -0.39 is 0 Å². The van der Waals surface area contributed by atoms with E-state index in [0.29, 0.717) is 40.4 Å². The number of nitrogens with zero attached hydrogens (tertiary/aromatic N) is 1. The molecule has 1 heterocycles. The Morgan fingerprint density at radius 1 is 0.872 bits per heavy atom. The maximum Gasteiger partial charge on any atom is 0.293 e. The zero-order chi connectivity index (χ0) is 27.2. The lowest BCUT2D eigenvalue weighted by atomic mass is 10.1. The number of rotatable bonds is 10. The van der Waals surface area contributed by atoms with Gasteiger partial charge in [0.05, 0.1) is 18.1 Å². The summed E-state index contributed by atoms with van der Waals surface area (Å²) in [5.41, 5.74) is 1.81. The van der Waals surface area contributed by atoms with Crippen LogP contribution in [0.3, 0.4) is 0 Å². The molecule has 8 heteroatoms. The van der Waals surface area contributed by atoms with Gasteiger partial charge >= 0.3 is 0 Å². The highest BCUT2D eigenvalue weighted by molar-refractivity contribution is 8.18. The van der Waals surface area contributed by atoms with Gasteiger partial charge in [0.25, 0.3) is 11.1 Å². The molecule has 1 aliphatic heterocycles. The van der Waals surface area contributed by atoms with Gasteiger partial charge in [-0.1, -0.05) is 60.1 Å². The van der Waals surface area contributed by atoms with Gasteiger partial charge in [0.1, 0.15) is 19.0 Å². The lowest BCUT2D eigenvalue weighted by Gasteiger charge is -2.14. The maximum absolute atomic E-state index is 12.9. The van der Waals surface area contributed by atoms with E-state index in [9.17, 15) is 9.59 Å². The normalized spacial score (nSPS) is 14.3. The topological polar surface area (TPSA) is 65.1 Å². The highest BCUT2D eigenvalue weighted by Gasteiger charge is 2.34. The van der Waals surface area contributed by atoms with E-state index in [1.54, 1.807) is 30.3 Å². The highest BCUT2D eigenvalue weighted by Crippen LogP contribution is 2.35. The summed E-state index contributed by atoms with van der Waals surface area (Å²) in [6.45, 7) is 3.08. The number of fused-ring (bicyclic) bond motifs is 1. The molecule has 39 heavy (non-hydrogen) atoms. The summed E-state index contributed by atoms with van der Waals surface area (Å²) < 4.78 is 17.6. The number of hydrogen-bond donors (Lipinski definition) is 0. The Bertz CT molecular complexity index is 1530. The molecule has 4 aromatic carbocycles. The van der Waals surface area contributed by atoms with Crippen LogP contribution in [-0.4, -0.2) is 35.8 Å². The molecular formula is C31H26ClNO5S. The van der Waals surface area contributed by atoms with Gasteiger partial charge in [-0.2, -0.15) is 0 Å². The van der Waals surface area contributed by atoms with Crippen molar-refractivity contribution in [2.24, 2.45) is 0 Å². The Labute approximate surface area is 236 Å². The number of carbonyl (C=O) groups excluding carboxylic acids is 2. The highest BCUT2D eigenvalue weighted by atomic mass is 35.5. The summed E-state index contributed by atoms with van der Waals surface area (Å²) >= 11 is 6.80. The van der Waals surface area contributed by atoms with Crippen molar-refractivity contribution < 1.29 is 23.8 Å². The minimum absolute atomic E-state index is 0.149. The van der Waals surface area contributed by atoms with Gasteiger partial charge in [0.15, 0.2) is 11.5 Å². The molecule has 0 saturated carbocycles. The van der Waals surface area contributed by atoms with Crippen molar-refractivity contribution in [1.82, 2.24) is 4.90 Å². The fourth-order valence-electron chi connectivity index (χ4n) is 4.21. The molecule has 0 N–H and O–H groups in total. The number of benzene rings is 4. The number of ether oxygens (including phenoxy) is 3. The summed E-state index contributed by atoms with van der Waals surface area (Å²) in [6, 6.07) is 26.7. The zero-order valence-electron chi connectivity index (χ0n) is 21.3. The molecule has 0 radical (unpaired) electrons. The van der Waals surface area contributed by atoms with Crippen molar-refractivity contribution in [3.63, 3.8) is 0 Å². The lowest BCUT2D eigenvalue weighted by molar-refractivity contribution is -0.123. The standard InChI is InChI=1S/C31H26ClNO5S/c1-2-36-28-18-21(10-15-27(28)38-20-23-8-5-7-22-6-3-4-9-26(22)23)19-29-30(34)33(31(35)39-29)16-17-37-25-13-11-24(32)12-14-25/h3-15,18-19H,2,16-17,20H2,1H3/b29-19-. The third-order valence-electron chi connectivity index (χ3n) is 6.10. The Kier molecular flexibility index (Phi) is 8.39. The van der Waals surface area contributed by atoms with Crippen LogP contribution in [0.2, 0.25) is 5.02 Å². The second-order valence-corrected chi connectivity index (χ2v) is 10.1. The second-order valence-electron chi connectivity index (χ2n) is 8.70. The van der Waals surface area contributed by atoms with E-state index in [0.717, 1.165) is 33.7 Å². The SMILES string of the molecule is CCOc1cc(/C=C2\SC(=O)N(CCOc3ccc(Cl)cc3)C2=O)ccc1OCc1cccc2ccccc12. The summed E-state index contributed by atoms with van der Waals surface area (Å²) in [7, 11) is 0. The van der Waals surface area contributed by atoms with Gasteiger partial charge in [0, 0.05) is 5.02 Å². The number of halogens is 1. The molecule has 1 aliphatic rings. The molecule has 0 aromatic heterocycles. The first-order valence-corrected chi connectivity index (χ1v) is 13.7. The molecule has 0 aliphatic carbocycles. The van der Waals surface area contributed by atoms with E-state index in [1.165, 1.54) is 4.90 Å². The Balaban J connectivity index is 1.26. The average molecular weight is 560 g/mol. The van der Waals surface area contributed by atoms with Gasteiger partial charge in [-0.15, -0.1) is 0 Å². The fourth-order valence-corrected chi connectivity index (χ4v) is 5.20. The molecule has 1 fully saturated rings. The first-order valence-electron chi connectivity index (χ1n) is 12.5. The van der Waals surface area contributed by atoms with Crippen LogP contribution in [-0.2, 0) is 11.4 Å². The molecule has 5 rings (SSSR count). The van der Waals surface area contributed by atoms with Crippen LogP contribution < -0.4 is 14.2 Å². The van der Waals surface area contributed by atoms with Crippen LogP contribution in [0.5, 0.6) is 17.2 Å². The minimum Gasteiger partial charge on any atom is -0.492 e. The molecule has 1 saturated heterocycles. The minimum atomic E-state index is -0.348. The second kappa shape index (κ2) is 12.3. The molecule has 0 unspecified atom stereocenters. The Morgan fingerprint density at radius 2 is 1.67 bits per heavy atom. The van der Waals surface area contributed by atoms with Crippen molar-refractivity contribution in [2.45, 2.75) is 13.5 Å². The first-order chi connectivity index (χ1) is 19.0. The number of hydrogen-bond acceptors (Lipinski definition) is 6. The van der Waals surface area contributed by atoms with E-state index in [2.05, 4.69) is 18.2 Å². The van der Waals surface area contributed by atoms with Gasteiger partial charge in [0.2, 0.25) is 0 Å². The molecule has 2 amide bonds. The van der Waals surface area contributed by atoms with Crippen molar-refractivity contribution in [1.29, 1.82) is 0 Å². The van der Waals surface area contributed by atoms with Gasteiger partial charge < -0.3 is 14.2 Å². The van der Waals surface area contributed by atoms with Crippen LogP contribution in [0.1, 0.15) is 18.1 Å². The van der Waals surface area contributed by atoms with E-state index in [1.807, 2.05) is 49.4 Å². The summed E-state index contributed by atoms with van der Waals surface area (Å²) in [4.78, 5) is 27.0. The molecule has 4 aromatic rings. The first kappa shape index (κ1) is 26.7. The van der Waals surface area contributed by atoms with E-state index in [-0.39, 0.29) is 24.3 Å². The van der Waals surface area contributed by atoms with Crippen molar-refractivity contribution in [3.8, 4) is 17.2 Å². The predicted octanol–water partition coefficient (Wildman–Crippen LogP) is 7.59. The quantitative estimate of drug-likeness (QED) is 0.187. The largest absolute Gasteiger partial charge is 0.492 e. The van der Waals surface area contributed by atoms with Crippen molar-refractivity contribution in [3.05, 3.63) is 106 Å². The monoisotopic (exact) mass is 559 g/mol. The summed E-state index contributed by atoms with van der Waals surface area (Å²) in [6.07, 6.45) is 1.70. The molecule has 0 atom stereocenters. The van der Waals surface area contributed by atoms with Crippen LogP contribution in [0.15, 0.2) is 89.8 Å². The van der Waals surface area contributed by atoms with Crippen LogP contribution in [0.4, 0.5) is 4.79 Å². The lowest BCUT2D eigenvalue weighted by Crippen LogP contribution is -2.32. The summed E-state index contributed by atoms with van der Waals surface area (Å²) in [5.74, 6) is 1.45. The van der Waals surface area contributed by atoms with Gasteiger partial charge in [-0.05, 0) is 83.1 Å².